The third-order valence-corrected chi connectivity index (χ3v) is 5.83. The number of alkyl halides is 3. The molecular formula is C22H23F3N4O2. The Morgan fingerprint density at radius 1 is 1.10 bits per heavy atom. The van der Waals surface area contributed by atoms with Crippen molar-refractivity contribution in [1.29, 1.82) is 0 Å². The van der Waals surface area contributed by atoms with E-state index in [4.69, 9.17) is 0 Å². The molecule has 1 unspecified atom stereocenters. The van der Waals surface area contributed by atoms with Crippen LogP contribution >= 0.6 is 0 Å². The van der Waals surface area contributed by atoms with Crippen LogP contribution in [0.1, 0.15) is 54.4 Å². The Hall–Kier alpha value is -2.97. The molecule has 1 N–H and O–H groups in total. The van der Waals surface area contributed by atoms with Gasteiger partial charge in [-0.3, -0.25) is 9.59 Å². The van der Waals surface area contributed by atoms with E-state index in [0.717, 1.165) is 37.8 Å². The number of halogens is 3. The normalized spacial score (nSPS) is 21.8. The van der Waals surface area contributed by atoms with Gasteiger partial charge in [0, 0.05) is 36.9 Å². The summed E-state index contributed by atoms with van der Waals surface area (Å²) in [7, 11) is 0. The fourth-order valence-electron chi connectivity index (χ4n) is 4.21. The molecule has 0 aromatic heterocycles. The molecule has 2 heterocycles. The molecule has 1 fully saturated rings. The van der Waals surface area contributed by atoms with Gasteiger partial charge in [-0.15, -0.1) is 0 Å². The first-order chi connectivity index (χ1) is 14.8. The predicted octanol–water partition coefficient (Wildman–Crippen LogP) is 3.94. The highest BCUT2D eigenvalue weighted by Gasteiger charge is 2.35. The second-order valence-electron chi connectivity index (χ2n) is 7.95. The highest BCUT2D eigenvalue weighted by molar-refractivity contribution is 6.18. The van der Waals surface area contributed by atoms with E-state index in [1.807, 2.05) is 0 Å². The van der Waals surface area contributed by atoms with Crippen molar-refractivity contribution in [3.05, 3.63) is 47.2 Å². The standard InChI is InChI=1S/C22H23F3N4O2/c23-22(24,25)17-9-5-4-8-16(17)19(30)28-21-26-12-15-13-29(11-10-18(15)27-21)20(31)14-6-2-1-3-7-14/h4-5,8-9,12-14,21H,1-3,6-7,10-11H2,(H,28,30). The number of nitrogens with one attached hydrogen (secondary N) is 1. The molecule has 2 amide bonds. The van der Waals surface area contributed by atoms with Crippen molar-refractivity contribution < 1.29 is 22.8 Å². The van der Waals surface area contributed by atoms with Crippen LogP contribution in [0, 0.1) is 5.92 Å². The van der Waals surface area contributed by atoms with E-state index in [0.29, 0.717) is 24.3 Å². The molecule has 0 spiro atoms. The molecule has 1 aromatic rings. The minimum Gasteiger partial charge on any atom is -0.318 e. The zero-order valence-electron chi connectivity index (χ0n) is 16.9. The van der Waals surface area contributed by atoms with Crippen molar-refractivity contribution in [3.8, 4) is 0 Å². The van der Waals surface area contributed by atoms with E-state index in [1.54, 1.807) is 11.1 Å². The SMILES string of the molecule is O=C(NC1N=CC2=CN(C(=O)C3CCCCC3)CCC2=N1)c1ccccc1C(F)(F)F. The molecule has 9 heteroatoms. The largest absolute Gasteiger partial charge is 0.417 e. The monoisotopic (exact) mass is 432 g/mol. The number of fused-ring (bicyclic) bond motifs is 1. The summed E-state index contributed by atoms with van der Waals surface area (Å²) < 4.78 is 39.5. The Labute approximate surface area is 177 Å². The third kappa shape index (κ3) is 4.70. The quantitative estimate of drug-likeness (QED) is 0.786. The van der Waals surface area contributed by atoms with Gasteiger partial charge in [0.05, 0.1) is 16.8 Å². The molecular weight excluding hydrogens is 409 g/mol. The first-order valence-electron chi connectivity index (χ1n) is 10.4. The van der Waals surface area contributed by atoms with Gasteiger partial charge >= 0.3 is 6.18 Å². The van der Waals surface area contributed by atoms with Crippen LogP contribution in [0.4, 0.5) is 13.2 Å². The number of aliphatic imine (C=N–C) groups is 2. The van der Waals surface area contributed by atoms with Gasteiger partial charge in [0.25, 0.3) is 5.91 Å². The molecule has 6 nitrogen and oxygen atoms in total. The summed E-state index contributed by atoms with van der Waals surface area (Å²) in [5.74, 6) is -0.707. The summed E-state index contributed by atoms with van der Waals surface area (Å²) in [6.45, 7) is 0.489. The number of nitrogens with zero attached hydrogens (tertiary/aromatic N) is 3. The maximum Gasteiger partial charge on any atom is 0.417 e. The smallest absolute Gasteiger partial charge is 0.318 e. The van der Waals surface area contributed by atoms with Crippen LogP contribution in [0.15, 0.2) is 46.0 Å². The molecule has 1 aromatic carbocycles. The van der Waals surface area contributed by atoms with Gasteiger partial charge in [0.2, 0.25) is 12.2 Å². The van der Waals surface area contributed by atoms with Gasteiger partial charge in [-0.25, -0.2) is 9.98 Å². The second-order valence-corrected chi connectivity index (χ2v) is 7.95. The summed E-state index contributed by atoms with van der Waals surface area (Å²) in [4.78, 5) is 35.4. The maximum absolute atomic E-state index is 13.2. The van der Waals surface area contributed by atoms with E-state index in [2.05, 4.69) is 15.3 Å². The lowest BCUT2D eigenvalue weighted by molar-refractivity contribution is -0.138. The van der Waals surface area contributed by atoms with Gasteiger partial charge in [-0.05, 0) is 25.0 Å². The number of rotatable bonds is 3. The number of hydrogen-bond acceptors (Lipinski definition) is 4. The lowest BCUT2D eigenvalue weighted by atomic mass is 9.88. The molecule has 1 atom stereocenters. The zero-order valence-corrected chi connectivity index (χ0v) is 16.9. The summed E-state index contributed by atoms with van der Waals surface area (Å²) in [6.07, 6.45) is 3.29. The van der Waals surface area contributed by atoms with Crippen LogP contribution in [0.5, 0.6) is 0 Å². The van der Waals surface area contributed by atoms with Crippen molar-refractivity contribution in [1.82, 2.24) is 10.2 Å². The lowest BCUT2D eigenvalue weighted by Crippen LogP contribution is -2.41. The van der Waals surface area contributed by atoms with Crippen molar-refractivity contribution in [3.63, 3.8) is 0 Å². The average Bonchev–Trinajstić information content (AvgIpc) is 2.78. The van der Waals surface area contributed by atoms with Crippen LogP contribution in [0.3, 0.4) is 0 Å². The molecule has 0 bridgehead atoms. The van der Waals surface area contributed by atoms with Gasteiger partial charge < -0.3 is 10.2 Å². The Bertz CT molecular complexity index is 962. The molecule has 2 aliphatic heterocycles. The number of amides is 2. The first kappa shape index (κ1) is 21.3. The zero-order chi connectivity index (χ0) is 22.0. The Morgan fingerprint density at radius 3 is 2.58 bits per heavy atom. The number of allylic oxidation sites excluding steroid dienone is 1. The van der Waals surface area contributed by atoms with Crippen LogP contribution in [0.25, 0.3) is 0 Å². The predicted molar refractivity (Wildman–Crippen MR) is 110 cm³/mol. The molecule has 0 radical (unpaired) electrons. The number of benzene rings is 1. The van der Waals surface area contributed by atoms with Gasteiger partial charge in [0.1, 0.15) is 0 Å². The van der Waals surface area contributed by atoms with Gasteiger partial charge in [-0.1, -0.05) is 31.4 Å². The molecule has 1 aliphatic carbocycles. The summed E-state index contributed by atoms with van der Waals surface area (Å²) >= 11 is 0. The van der Waals surface area contributed by atoms with Crippen molar-refractivity contribution in [2.24, 2.45) is 15.9 Å². The molecule has 31 heavy (non-hydrogen) atoms. The van der Waals surface area contributed by atoms with E-state index >= 15 is 0 Å². The van der Waals surface area contributed by atoms with Gasteiger partial charge in [-0.2, -0.15) is 13.2 Å². The van der Waals surface area contributed by atoms with Crippen molar-refractivity contribution >= 4 is 23.7 Å². The molecule has 0 saturated heterocycles. The second kappa shape index (κ2) is 8.64. The summed E-state index contributed by atoms with van der Waals surface area (Å²) in [5, 5.41) is 2.43. The minimum atomic E-state index is -4.64. The highest BCUT2D eigenvalue weighted by atomic mass is 19.4. The Kier molecular flexibility index (Phi) is 5.93. The minimum absolute atomic E-state index is 0.0605. The molecule has 4 rings (SSSR count). The highest BCUT2D eigenvalue weighted by Crippen LogP contribution is 2.32. The topological polar surface area (TPSA) is 74.1 Å². The molecule has 1 saturated carbocycles. The van der Waals surface area contributed by atoms with E-state index in [1.165, 1.54) is 24.8 Å². The summed E-state index contributed by atoms with van der Waals surface area (Å²) in [5.41, 5.74) is -0.108. The third-order valence-electron chi connectivity index (χ3n) is 5.83. The van der Waals surface area contributed by atoms with Crippen LogP contribution in [-0.4, -0.2) is 41.5 Å². The van der Waals surface area contributed by atoms with E-state index < -0.39 is 29.5 Å². The van der Waals surface area contributed by atoms with Crippen LogP contribution < -0.4 is 5.32 Å². The van der Waals surface area contributed by atoms with Crippen LogP contribution in [0.2, 0.25) is 0 Å². The average molecular weight is 432 g/mol. The first-order valence-corrected chi connectivity index (χ1v) is 10.4. The molecule has 164 valence electrons. The van der Waals surface area contributed by atoms with Crippen molar-refractivity contribution in [2.45, 2.75) is 51.0 Å². The number of carbonyl (C=O) groups excluding carboxylic acids is 2. The Morgan fingerprint density at radius 2 is 1.84 bits per heavy atom. The fourth-order valence-corrected chi connectivity index (χ4v) is 4.21. The number of carbonyl (C=O) groups is 2. The van der Waals surface area contributed by atoms with Crippen molar-refractivity contribution in [2.75, 3.05) is 6.54 Å². The van der Waals surface area contributed by atoms with E-state index in [9.17, 15) is 22.8 Å². The van der Waals surface area contributed by atoms with Crippen LogP contribution in [-0.2, 0) is 11.0 Å². The lowest BCUT2D eigenvalue weighted by Gasteiger charge is -2.31. The molecule has 3 aliphatic rings. The summed E-state index contributed by atoms with van der Waals surface area (Å²) in [6, 6.07) is 4.60. The number of hydrogen-bond donors (Lipinski definition) is 1. The van der Waals surface area contributed by atoms with Gasteiger partial charge in [0.15, 0.2) is 0 Å². The Balaban J connectivity index is 1.44. The van der Waals surface area contributed by atoms with E-state index in [-0.39, 0.29) is 11.8 Å². The fraction of sp³-hybridized carbons (Fsp3) is 0.455. The maximum atomic E-state index is 13.2.